The first kappa shape index (κ1) is 7.28. The van der Waals surface area contributed by atoms with Gasteiger partial charge in [-0.05, 0) is 31.4 Å². The van der Waals surface area contributed by atoms with Crippen molar-refractivity contribution in [2.24, 2.45) is 0 Å². The van der Waals surface area contributed by atoms with Crippen molar-refractivity contribution >= 4 is 12.4 Å². The molecule has 1 heterocycles. The molecule has 0 fully saturated rings. The lowest BCUT2D eigenvalue weighted by molar-refractivity contribution is -0.104. The Kier molecular flexibility index (Phi) is 1.78. The van der Waals surface area contributed by atoms with Crippen LogP contribution in [0, 0.1) is 0 Å². The average molecular weight is 162 g/mol. The summed E-state index contributed by atoms with van der Waals surface area (Å²) in [6, 6.07) is 0. The van der Waals surface area contributed by atoms with Crippen LogP contribution in [-0.2, 0) is 17.6 Å². The Hall–Kier alpha value is -1.38. The summed E-state index contributed by atoms with van der Waals surface area (Å²) in [6.07, 6.45) is 7.39. The van der Waals surface area contributed by atoms with E-state index in [1.54, 1.807) is 6.08 Å². The normalized spacial score (nSPS) is 15.3. The molecule has 0 radical (unpaired) electrons. The minimum atomic E-state index is 0.774. The number of fused-ring (bicyclic) bond motifs is 1. The summed E-state index contributed by atoms with van der Waals surface area (Å²) in [6.45, 7) is 0. The van der Waals surface area contributed by atoms with Gasteiger partial charge in [0.2, 0.25) is 0 Å². The van der Waals surface area contributed by atoms with Gasteiger partial charge in [-0.25, -0.2) is 0 Å². The van der Waals surface area contributed by atoms with Crippen LogP contribution in [0.3, 0.4) is 0 Å². The number of carbonyl (C=O) groups is 1. The van der Waals surface area contributed by atoms with Crippen molar-refractivity contribution in [1.82, 2.24) is 10.2 Å². The van der Waals surface area contributed by atoms with Gasteiger partial charge in [-0.3, -0.25) is 9.89 Å². The molecule has 1 aliphatic rings. The second kappa shape index (κ2) is 2.93. The smallest absolute Gasteiger partial charge is 0.142 e. The molecule has 3 nitrogen and oxygen atoms in total. The van der Waals surface area contributed by atoms with Gasteiger partial charge in [-0.1, -0.05) is 0 Å². The number of hydrogen-bond donors (Lipinski definition) is 1. The Morgan fingerprint density at radius 3 is 3.17 bits per heavy atom. The quantitative estimate of drug-likeness (QED) is 0.523. The second-order valence-electron chi connectivity index (χ2n) is 2.91. The van der Waals surface area contributed by atoms with Gasteiger partial charge in [0, 0.05) is 11.3 Å². The first-order valence-corrected chi connectivity index (χ1v) is 4.10. The summed E-state index contributed by atoms with van der Waals surface area (Å²) in [5.74, 6) is 0. The van der Waals surface area contributed by atoms with E-state index in [9.17, 15) is 4.79 Å². The fourth-order valence-electron chi connectivity index (χ4n) is 1.61. The van der Waals surface area contributed by atoms with Crippen LogP contribution in [0.2, 0.25) is 0 Å². The van der Waals surface area contributed by atoms with E-state index >= 15 is 0 Å². The van der Waals surface area contributed by atoms with Gasteiger partial charge in [0.05, 0.1) is 5.69 Å². The van der Waals surface area contributed by atoms with Crippen LogP contribution in [0.1, 0.15) is 23.4 Å². The van der Waals surface area contributed by atoms with E-state index in [-0.39, 0.29) is 0 Å². The molecule has 0 unspecified atom stereocenters. The molecule has 0 amide bonds. The lowest BCUT2D eigenvalue weighted by Crippen LogP contribution is -1.81. The van der Waals surface area contributed by atoms with Crippen LogP contribution in [-0.4, -0.2) is 16.5 Å². The minimum absolute atomic E-state index is 0.774. The molecule has 0 aromatic carbocycles. The standard InChI is InChI=1S/C9H10N2O/c12-6-2-5-9-7-3-1-4-8(7)10-11-9/h2,5-6H,1,3-4H2,(H,10,11)/b5-2+. The fourth-order valence-corrected chi connectivity index (χ4v) is 1.61. The van der Waals surface area contributed by atoms with E-state index in [1.807, 2.05) is 0 Å². The number of nitrogens with zero attached hydrogens (tertiary/aromatic N) is 1. The zero-order chi connectivity index (χ0) is 8.39. The summed E-state index contributed by atoms with van der Waals surface area (Å²) >= 11 is 0. The highest BCUT2D eigenvalue weighted by Gasteiger charge is 2.16. The minimum Gasteiger partial charge on any atom is -0.299 e. The number of hydrogen-bond acceptors (Lipinski definition) is 2. The largest absolute Gasteiger partial charge is 0.299 e. The van der Waals surface area contributed by atoms with E-state index in [2.05, 4.69) is 10.2 Å². The number of nitrogens with one attached hydrogen (secondary N) is 1. The van der Waals surface area contributed by atoms with Crippen LogP contribution in [0.5, 0.6) is 0 Å². The Balaban J connectivity index is 2.33. The van der Waals surface area contributed by atoms with Crippen molar-refractivity contribution in [3.8, 4) is 0 Å². The first-order chi connectivity index (χ1) is 5.92. The molecule has 0 saturated heterocycles. The number of H-pyrrole nitrogens is 1. The molecule has 0 atom stereocenters. The number of aromatic nitrogens is 2. The molecule has 1 N–H and O–H groups in total. The van der Waals surface area contributed by atoms with Gasteiger partial charge < -0.3 is 0 Å². The van der Waals surface area contributed by atoms with Crippen molar-refractivity contribution in [1.29, 1.82) is 0 Å². The van der Waals surface area contributed by atoms with Crippen molar-refractivity contribution in [2.45, 2.75) is 19.3 Å². The van der Waals surface area contributed by atoms with Crippen molar-refractivity contribution in [2.75, 3.05) is 0 Å². The van der Waals surface area contributed by atoms with E-state index in [1.165, 1.54) is 23.8 Å². The van der Waals surface area contributed by atoms with Crippen LogP contribution >= 0.6 is 0 Å². The Morgan fingerprint density at radius 1 is 1.42 bits per heavy atom. The molecular weight excluding hydrogens is 152 g/mol. The zero-order valence-electron chi connectivity index (χ0n) is 6.71. The maximum Gasteiger partial charge on any atom is 0.142 e. The third-order valence-corrected chi connectivity index (χ3v) is 2.17. The van der Waals surface area contributed by atoms with Crippen LogP contribution in [0.25, 0.3) is 6.08 Å². The van der Waals surface area contributed by atoms with Crippen molar-refractivity contribution < 1.29 is 4.79 Å². The van der Waals surface area contributed by atoms with Crippen LogP contribution in [0.4, 0.5) is 0 Å². The van der Waals surface area contributed by atoms with Gasteiger partial charge in [0.25, 0.3) is 0 Å². The van der Waals surface area contributed by atoms with E-state index in [4.69, 9.17) is 0 Å². The van der Waals surface area contributed by atoms with Crippen LogP contribution in [0.15, 0.2) is 6.08 Å². The highest BCUT2D eigenvalue weighted by molar-refractivity contribution is 5.73. The molecule has 62 valence electrons. The molecule has 1 aromatic rings. The number of rotatable bonds is 2. The highest BCUT2D eigenvalue weighted by Crippen LogP contribution is 2.23. The maximum absolute atomic E-state index is 10.1. The summed E-state index contributed by atoms with van der Waals surface area (Å²) in [5, 5.41) is 7.08. The lowest BCUT2D eigenvalue weighted by Gasteiger charge is -1.87. The Labute approximate surface area is 70.5 Å². The van der Waals surface area contributed by atoms with E-state index in [0.29, 0.717) is 0 Å². The summed E-state index contributed by atoms with van der Waals surface area (Å²) in [7, 11) is 0. The van der Waals surface area contributed by atoms with Gasteiger partial charge in [-0.15, -0.1) is 0 Å². The predicted octanol–water partition coefficient (Wildman–Crippen LogP) is 1.11. The van der Waals surface area contributed by atoms with Crippen LogP contribution < -0.4 is 0 Å². The SMILES string of the molecule is O=C/C=C/c1n[nH]c2c1CCC2. The monoisotopic (exact) mass is 162 g/mol. The third-order valence-electron chi connectivity index (χ3n) is 2.17. The molecule has 0 bridgehead atoms. The van der Waals surface area contributed by atoms with Crippen molar-refractivity contribution in [3.05, 3.63) is 23.0 Å². The fraction of sp³-hybridized carbons (Fsp3) is 0.333. The first-order valence-electron chi connectivity index (χ1n) is 4.10. The molecular formula is C9H10N2O. The van der Waals surface area contributed by atoms with E-state index < -0.39 is 0 Å². The zero-order valence-corrected chi connectivity index (χ0v) is 6.71. The number of aromatic amines is 1. The molecule has 1 aromatic heterocycles. The molecule has 2 rings (SSSR count). The Bertz CT molecular complexity index is 325. The molecule has 1 aliphatic carbocycles. The number of aldehydes is 1. The second-order valence-corrected chi connectivity index (χ2v) is 2.91. The van der Waals surface area contributed by atoms with Gasteiger partial charge in [0.1, 0.15) is 6.29 Å². The molecule has 0 saturated carbocycles. The Morgan fingerprint density at radius 2 is 2.33 bits per heavy atom. The molecule has 0 aliphatic heterocycles. The van der Waals surface area contributed by atoms with Crippen molar-refractivity contribution in [3.63, 3.8) is 0 Å². The summed E-state index contributed by atoms with van der Waals surface area (Å²) < 4.78 is 0. The molecule has 12 heavy (non-hydrogen) atoms. The van der Waals surface area contributed by atoms with E-state index in [0.717, 1.165) is 24.8 Å². The third kappa shape index (κ3) is 1.07. The van der Waals surface area contributed by atoms with Gasteiger partial charge in [-0.2, -0.15) is 5.10 Å². The molecule has 0 spiro atoms. The molecule has 3 heteroatoms. The number of carbonyl (C=O) groups excluding carboxylic acids is 1. The van der Waals surface area contributed by atoms with Gasteiger partial charge in [0.15, 0.2) is 0 Å². The average Bonchev–Trinajstić information content (AvgIpc) is 2.62. The number of allylic oxidation sites excluding steroid dienone is 1. The topological polar surface area (TPSA) is 45.8 Å². The van der Waals surface area contributed by atoms with Gasteiger partial charge >= 0.3 is 0 Å². The summed E-state index contributed by atoms with van der Waals surface area (Å²) in [5.41, 5.74) is 3.45. The lowest BCUT2D eigenvalue weighted by atomic mass is 10.2. The number of aryl methyl sites for hydroxylation is 1. The summed E-state index contributed by atoms with van der Waals surface area (Å²) in [4.78, 5) is 10.1. The highest BCUT2D eigenvalue weighted by atomic mass is 16.1. The maximum atomic E-state index is 10.1. The predicted molar refractivity (Wildman–Crippen MR) is 45.7 cm³/mol.